The Hall–Kier alpha value is -2.67. The Kier molecular flexibility index (Phi) is 4.24. The number of amides is 1. The highest BCUT2D eigenvalue weighted by atomic mass is 16.1. The van der Waals surface area contributed by atoms with Crippen LogP contribution in [0.3, 0.4) is 0 Å². The highest BCUT2D eigenvalue weighted by Gasteiger charge is 2.57. The van der Waals surface area contributed by atoms with Crippen molar-refractivity contribution in [1.82, 2.24) is 15.3 Å². The molecule has 1 aromatic carbocycles. The number of aromatic nitrogens is 2. The third-order valence-electron chi connectivity index (χ3n) is 6.93. The topological polar surface area (TPSA) is 54.9 Å². The maximum atomic E-state index is 13.0. The van der Waals surface area contributed by atoms with Gasteiger partial charge >= 0.3 is 0 Å². The molecular formula is C25H27N3O. The molecule has 1 aromatic heterocycles. The van der Waals surface area contributed by atoms with E-state index in [4.69, 9.17) is 0 Å². The molecule has 148 valence electrons. The SMILES string of the molecule is Cc1cccc(C(=O)NC23CC4CC(CC(C#Cc5cncc(C)n5)(C4)C2)C3)c1. The Bertz CT molecular complexity index is 1020. The molecular weight excluding hydrogens is 358 g/mol. The van der Waals surface area contributed by atoms with Crippen LogP contribution in [0.5, 0.6) is 0 Å². The average molecular weight is 386 g/mol. The van der Waals surface area contributed by atoms with Gasteiger partial charge in [0.1, 0.15) is 5.69 Å². The fourth-order valence-corrected chi connectivity index (χ4v) is 6.37. The lowest BCUT2D eigenvalue weighted by molar-refractivity contribution is -0.0484. The van der Waals surface area contributed by atoms with Crippen LogP contribution in [0.25, 0.3) is 0 Å². The number of carbonyl (C=O) groups excluding carboxylic acids is 1. The first-order valence-corrected chi connectivity index (χ1v) is 10.6. The Balaban J connectivity index is 1.42. The molecule has 1 heterocycles. The van der Waals surface area contributed by atoms with Crippen molar-refractivity contribution in [1.29, 1.82) is 0 Å². The zero-order valence-electron chi connectivity index (χ0n) is 17.2. The van der Waals surface area contributed by atoms with Gasteiger partial charge in [0.15, 0.2) is 0 Å². The van der Waals surface area contributed by atoms with Crippen LogP contribution in [-0.2, 0) is 0 Å². The number of hydrogen-bond donors (Lipinski definition) is 1. The summed E-state index contributed by atoms with van der Waals surface area (Å²) in [7, 11) is 0. The van der Waals surface area contributed by atoms with E-state index in [1.807, 2.05) is 38.1 Å². The fourth-order valence-electron chi connectivity index (χ4n) is 6.37. The summed E-state index contributed by atoms with van der Waals surface area (Å²) in [6.07, 6.45) is 10.2. The van der Waals surface area contributed by atoms with Crippen molar-refractivity contribution in [2.75, 3.05) is 0 Å². The predicted molar refractivity (Wildman–Crippen MR) is 112 cm³/mol. The molecule has 4 fully saturated rings. The lowest BCUT2D eigenvalue weighted by atomic mass is 9.47. The van der Waals surface area contributed by atoms with Gasteiger partial charge in [-0.25, -0.2) is 4.98 Å². The Morgan fingerprint density at radius 3 is 2.66 bits per heavy atom. The lowest BCUT2D eigenvalue weighted by Crippen LogP contribution is -2.62. The molecule has 1 N–H and O–H groups in total. The lowest BCUT2D eigenvalue weighted by Gasteiger charge is -2.60. The minimum Gasteiger partial charge on any atom is -0.347 e. The molecule has 29 heavy (non-hydrogen) atoms. The van der Waals surface area contributed by atoms with Gasteiger partial charge in [0.2, 0.25) is 0 Å². The summed E-state index contributed by atoms with van der Waals surface area (Å²) in [4.78, 5) is 21.8. The predicted octanol–water partition coefficient (Wildman–Crippen LogP) is 4.21. The first kappa shape index (κ1) is 18.4. The van der Waals surface area contributed by atoms with Crippen molar-refractivity contribution in [3.8, 4) is 11.8 Å². The van der Waals surface area contributed by atoms with Gasteiger partial charge in [0.25, 0.3) is 5.91 Å². The van der Waals surface area contributed by atoms with Crippen LogP contribution < -0.4 is 5.32 Å². The maximum Gasteiger partial charge on any atom is 0.251 e. The van der Waals surface area contributed by atoms with E-state index in [0.29, 0.717) is 11.8 Å². The van der Waals surface area contributed by atoms with Crippen LogP contribution in [0.2, 0.25) is 0 Å². The normalized spacial score (nSPS) is 31.8. The zero-order chi connectivity index (χ0) is 20.1. The molecule has 4 heteroatoms. The van der Waals surface area contributed by atoms with E-state index in [0.717, 1.165) is 54.6 Å². The van der Waals surface area contributed by atoms with E-state index < -0.39 is 0 Å². The first-order chi connectivity index (χ1) is 13.9. The minimum atomic E-state index is -0.113. The van der Waals surface area contributed by atoms with Gasteiger partial charge in [-0.15, -0.1) is 0 Å². The standard InChI is InChI=1S/C25H27N3O/c1-17-4-3-5-21(8-17)23(29)28-25-12-19-9-20(13-25)11-24(10-19,16-25)7-6-22-15-26-14-18(2)27-22/h3-5,8,14-15,19-20H,9-13,16H2,1-2H3,(H,28,29). The molecule has 4 aliphatic carbocycles. The molecule has 0 saturated heterocycles. The highest BCUT2D eigenvalue weighted by Crippen LogP contribution is 2.61. The summed E-state index contributed by atoms with van der Waals surface area (Å²) in [5, 5.41) is 3.47. The fraction of sp³-hybridized carbons (Fsp3) is 0.480. The van der Waals surface area contributed by atoms with Crippen molar-refractivity contribution in [3.05, 3.63) is 59.2 Å². The molecule has 0 spiro atoms. The van der Waals surface area contributed by atoms with Gasteiger partial charge in [0, 0.05) is 22.7 Å². The van der Waals surface area contributed by atoms with Crippen LogP contribution in [0.15, 0.2) is 36.7 Å². The largest absolute Gasteiger partial charge is 0.347 e. The molecule has 4 aliphatic rings. The van der Waals surface area contributed by atoms with Crippen molar-refractivity contribution >= 4 is 5.91 Å². The van der Waals surface area contributed by atoms with Crippen LogP contribution in [-0.4, -0.2) is 21.4 Å². The van der Waals surface area contributed by atoms with Crippen LogP contribution in [0, 0.1) is 42.9 Å². The maximum absolute atomic E-state index is 13.0. The number of benzene rings is 1. The number of carbonyl (C=O) groups is 1. The molecule has 6 rings (SSSR count). The molecule has 0 aliphatic heterocycles. The second-order valence-corrected chi connectivity index (χ2v) is 9.64. The van der Waals surface area contributed by atoms with Crippen molar-refractivity contribution in [2.24, 2.45) is 17.3 Å². The molecule has 2 unspecified atom stereocenters. The zero-order valence-corrected chi connectivity index (χ0v) is 17.2. The van der Waals surface area contributed by atoms with Gasteiger partial charge in [-0.05, 0) is 82.3 Å². The summed E-state index contributed by atoms with van der Waals surface area (Å²) >= 11 is 0. The summed E-state index contributed by atoms with van der Waals surface area (Å²) < 4.78 is 0. The second kappa shape index (κ2) is 6.69. The van der Waals surface area contributed by atoms with E-state index in [9.17, 15) is 4.79 Å². The number of nitrogens with one attached hydrogen (secondary N) is 1. The Morgan fingerprint density at radius 2 is 1.93 bits per heavy atom. The van der Waals surface area contributed by atoms with Crippen molar-refractivity contribution < 1.29 is 4.79 Å². The minimum absolute atomic E-state index is 0.00457. The monoisotopic (exact) mass is 385 g/mol. The molecule has 0 radical (unpaired) electrons. The van der Waals surface area contributed by atoms with E-state index in [1.54, 1.807) is 12.4 Å². The van der Waals surface area contributed by atoms with E-state index in [2.05, 4.69) is 27.1 Å². The molecule has 2 aromatic rings. The summed E-state index contributed by atoms with van der Waals surface area (Å²) in [6.45, 7) is 3.97. The molecule has 4 bridgehead atoms. The van der Waals surface area contributed by atoms with E-state index in [-0.39, 0.29) is 16.9 Å². The van der Waals surface area contributed by atoms with Gasteiger partial charge in [-0.3, -0.25) is 9.78 Å². The van der Waals surface area contributed by atoms with Gasteiger partial charge in [-0.1, -0.05) is 23.6 Å². The van der Waals surface area contributed by atoms with Crippen LogP contribution in [0.4, 0.5) is 0 Å². The first-order valence-electron chi connectivity index (χ1n) is 10.6. The number of rotatable bonds is 2. The van der Waals surface area contributed by atoms with Gasteiger partial charge in [-0.2, -0.15) is 0 Å². The van der Waals surface area contributed by atoms with Gasteiger partial charge < -0.3 is 5.32 Å². The number of nitrogens with zero attached hydrogens (tertiary/aromatic N) is 2. The quantitative estimate of drug-likeness (QED) is 0.788. The summed E-state index contributed by atoms with van der Waals surface area (Å²) in [6, 6.07) is 7.87. The molecule has 1 amide bonds. The highest BCUT2D eigenvalue weighted by molar-refractivity contribution is 5.94. The third-order valence-corrected chi connectivity index (χ3v) is 6.93. The Morgan fingerprint density at radius 1 is 1.14 bits per heavy atom. The molecule has 4 nitrogen and oxygen atoms in total. The van der Waals surface area contributed by atoms with Crippen LogP contribution in [0.1, 0.15) is 65.8 Å². The average Bonchev–Trinajstić information content (AvgIpc) is 2.65. The van der Waals surface area contributed by atoms with E-state index in [1.165, 1.54) is 6.42 Å². The van der Waals surface area contributed by atoms with E-state index >= 15 is 0 Å². The second-order valence-electron chi connectivity index (χ2n) is 9.64. The van der Waals surface area contributed by atoms with Gasteiger partial charge in [0.05, 0.1) is 11.9 Å². The van der Waals surface area contributed by atoms with Crippen molar-refractivity contribution in [3.63, 3.8) is 0 Å². The Labute approximate surface area is 172 Å². The van der Waals surface area contributed by atoms with Crippen LogP contribution >= 0.6 is 0 Å². The summed E-state index contributed by atoms with van der Waals surface area (Å²) in [5.74, 6) is 8.31. The number of aryl methyl sites for hydroxylation is 2. The number of hydrogen-bond acceptors (Lipinski definition) is 3. The molecule has 2 atom stereocenters. The smallest absolute Gasteiger partial charge is 0.251 e. The third kappa shape index (κ3) is 3.55. The summed E-state index contributed by atoms with van der Waals surface area (Å²) in [5.41, 5.74) is 3.40. The van der Waals surface area contributed by atoms with Crippen molar-refractivity contribution in [2.45, 2.75) is 57.9 Å². The molecule has 4 saturated carbocycles.